The number of carbonyl (C=O) groups is 1. The molecule has 2 aromatic carbocycles. The first kappa shape index (κ1) is 15.9. The van der Waals surface area contributed by atoms with E-state index in [0.717, 1.165) is 11.3 Å². The molecule has 0 saturated heterocycles. The van der Waals surface area contributed by atoms with Crippen LogP contribution < -0.4 is 10.1 Å². The molecule has 0 radical (unpaired) electrons. The molecule has 0 heterocycles. The summed E-state index contributed by atoms with van der Waals surface area (Å²) >= 11 is 0. The van der Waals surface area contributed by atoms with E-state index in [4.69, 9.17) is 9.84 Å². The minimum absolute atomic E-state index is 0.0623. The second-order valence-electron chi connectivity index (χ2n) is 5.02. The van der Waals surface area contributed by atoms with Gasteiger partial charge >= 0.3 is 6.03 Å². The Balaban J connectivity index is 1.97. The Bertz CT molecular complexity index is 626. The van der Waals surface area contributed by atoms with Gasteiger partial charge in [0, 0.05) is 19.3 Å². The molecule has 0 spiro atoms. The van der Waals surface area contributed by atoms with Crippen LogP contribution in [0.3, 0.4) is 0 Å². The maximum absolute atomic E-state index is 11.8. The molecule has 0 bridgehead atoms. The van der Waals surface area contributed by atoms with Crippen molar-refractivity contribution < 1.29 is 14.6 Å². The number of carbonyl (C=O) groups excluding carboxylic acids is 1. The Kier molecular flexibility index (Phi) is 5.38. The molecular weight excluding hydrogens is 280 g/mol. The van der Waals surface area contributed by atoms with E-state index in [2.05, 4.69) is 5.32 Å². The lowest BCUT2D eigenvalue weighted by Crippen LogP contribution is -2.33. The molecule has 0 aliphatic heterocycles. The van der Waals surface area contributed by atoms with Gasteiger partial charge in [0.25, 0.3) is 0 Å². The number of aliphatic hydroxyl groups is 1. The fourth-order valence-corrected chi connectivity index (χ4v) is 1.89. The fourth-order valence-electron chi connectivity index (χ4n) is 1.89. The number of nitrogens with one attached hydrogen (secondary N) is 1. The Morgan fingerprint density at radius 2 is 1.91 bits per heavy atom. The van der Waals surface area contributed by atoms with Gasteiger partial charge in [0.2, 0.25) is 0 Å². The van der Waals surface area contributed by atoms with Crippen LogP contribution in [0.2, 0.25) is 0 Å². The van der Waals surface area contributed by atoms with Gasteiger partial charge in [0.1, 0.15) is 11.5 Å². The average molecular weight is 300 g/mol. The quantitative estimate of drug-likeness (QED) is 0.891. The maximum Gasteiger partial charge on any atom is 0.321 e. The zero-order valence-electron chi connectivity index (χ0n) is 12.7. The third-order valence-electron chi connectivity index (χ3n) is 3.11. The third kappa shape index (κ3) is 4.49. The van der Waals surface area contributed by atoms with Crippen molar-refractivity contribution in [1.82, 2.24) is 4.90 Å². The van der Waals surface area contributed by atoms with E-state index in [9.17, 15) is 4.79 Å². The Labute approximate surface area is 130 Å². The van der Waals surface area contributed by atoms with E-state index in [1.807, 2.05) is 31.2 Å². The lowest BCUT2D eigenvalue weighted by molar-refractivity contribution is 0.202. The van der Waals surface area contributed by atoms with Crippen molar-refractivity contribution in [3.05, 3.63) is 54.1 Å². The van der Waals surface area contributed by atoms with Crippen LogP contribution in [0.15, 0.2) is 48.5 Å². The van der Waals surface area contributed by atoms with Gasteiger partial charge in [-0.1, -0.05) is 12.1 Å². The van der Waals surface area contributed by atoms with Gasteiger partial charge in [-0.05, 0) is 48.9 Å². The Morgan fingerprint density at radius 3 is 2.55 bits per heavy atom. The largest absolute Gasteiger partial charge is 0.457 e. The van der Waals surface area contributed by atoms with Crippen LogP contribution in [0.5, 0.6) is 11.5 Å². The number of hydrogen-bond donors (Lipinski definition) is 2. The second kappa shape index (κ2) is 7.47. The minimum atomic E-state index is -0.263. The van der Waals surface area contributed by atoms with Crippen LogP contribution >= 0.6 is 0 Å². The molecule has 0 unspecified atom stereocenters. The number of amides is 2. The van der Waals surface area contributed by atoms with Gasteiger partial charge in [0.15, 0.2) is 0 Å². The zero-order valence-corrected chi connectivity index (χ0v) is 12.7. The Morgan fingerprint density at radius 1 is 1.18 bits per heavy atom. The van der Waals surface area contributed by atoms with Crippen molar-refractivity contribution >= 4 is 11.7 Å². The molecule has 2 amide bonds. The summed E-state index contributed by atoms with van der Waals surface area (Å²) in [5.74, 6) is 1.48. The summed E-state index contributed by atoms with van der Waals surface area (Å²) in [5.41, 5.74) is 1.81. The van der Waals surface area contributed by atoms with Gasteiger partial charge in [-0.25, -0.2) is 4.79 Å². The lowest BCUT2D eigenvalue weighted by atomic mass is 10.2. The van der Waals surface area contributed by atoms with E-state index < -0.39 is 0 Å². The second-order valence-corrected chi connectivity index (χ2v) is 5.02. The van der Waals surface area contributed by atoms with E-state index in [-0.39, 0.29) is 12.6 Å². The molecule has 0 atom stereocenters. The molecule has 5 nitrogen and oxygen atoms in total. The molecule has 0 fully saturated rings. The average Bonchev–Trinajstić information content (AvgIpc) is 2.49. The highest BCUT2D eigenvalue weighted by molar-refractivity contribution is 5.89. The molecule has 5 heteroatoms. The van der Waals surface area contributed by atoms with Crippen LogP contribution in [0.4, 0.5) is 10.5 Å². The summed E-state index contributed by atoms with van der Waals surface area (Å²) in [6.45, 7) is 2.24. The summed E-state index contributed by atoms with van der Waals surface area (Å²) in [4.78, 5) is 13.2. The van der Waals surface area contributed by atoms with Gasteiger partial charge in [0.05, 0.1) is 6.61 Å². The highest BCUT2D eigenvalue weighted by Gasteiger charge is 2.07. The first-order chi connectivity index (χ1) is 10.6. The van der Waals surface area contributed by atoms with Crippen molar-refractivity contribution in [1.29, 1.82) is 0 Å². The van der Waals surface area contributed by atoms with Gasteiger partial charge < -0.3 is 20.1 Å². The topological polar surface area (TPSA) is 61.8 Å². The summed E-state index contributed by atoms with van der Waals surface area (Å²) in [6.07, 6.45) is 0. The Hall–Kier alpha value is -2.53. The molecule has 22 heavy (non-hydrogen) atoms. The summed E-state index contributed by atoms with van der Waals surface area (Å²) in [5, 5.41) is 11.6. The number of likely N-dealkylation sites (N-methyl/N-ethyl adjacent to an activating group) is 1. The van der Waals surface area contributed by atoms with Crippen molar-refractivity contribution in [3.8, 4) is 11.5 Å². The molecule has 0 aliphatic carbocycles. The number of hydrogen-bond acceptors (Lipinski definition) is 3. The molecule has 2 rings (SSSR count). The van der Waals surface area contributed by atoms with Crippen molar-refractivity contribution in [3.63, 3.8) is 0 Å². The summed E-state index contributed by atoms with van der Waals surface area (Å²) in [7, 11) is 1.63. The smallest absolute Gasteiger partial charge is 0.321 e. The predicted molar refractivity (Wildman–Crippen MR) is 86.4 cm³/mol. The molecular formula is C17H20N2O3. The first-order valence-electron chi connectivity index (χ1n) is 7.06. The predicted octanol–water partition coefficient (Wildman–Crippen LogP) is 3.24. The molecule has 0 saturated carbocycles. The number of aryl methyl sites for hydroxylation is 1. The monoisotopic (exact) mass is 300 g/mol. The van der Waals surface area contributed by atoms with Crippen molar-refractivity contribution in [2.75, 3.05) is 25.5 Å². The lowest BCUT2D eigenvalue weighted by Gasteiger charge is -2.16. The number of aliphatic hydroxyl groups excluding tert-OH is 1. The summed E-state index contributed by atoms with van der Waals surface area (Å²) in [6, 6.07) is 14.7. The van der Waals surface area contributed by atoms with Crippen LogP contribution in [0.25, 0.3) is 0 Å². The van der Waals surface area contributed by atoms with Crippen LogP contribution in [-0.4, -0.2) is 36.2 Å². The SMILES string of the molecule is Cc1cccc(Oc2ccc(NC(=O)N(C)CCO)cc2)c1. The number of ether oxygens (including phenoxy) is 1. The zero-order chi connectivity index (χ0) is 15.9. The van der Waals surface area contributed by atoms with Gasteiger partial charge in [-0.3, -0.25) is 0 Å². The minimum Gasteiger partial charge on any atom is -0.457 e. The molecule has 2 aromatic rings. The van der Waals surface area contributed by atoms with Gasteiger partial charge in [-0.15, -0.1) is 0 Å². The maximum atomic E-state index is 11.8. The van der Waals surface area contributed by atoms with E-state index in [1.54, 1.807) is 31.3 Å². The van der Waals surface area contributed by atoms with Gasteiger partial charge in [-0.2, -0.15) is 0 Å². The number of rotatable bonds is 5. The van der Waals surface area contributed by atoms with Crippen molar-refractivity contribution in [2.45, 2.75) is 6.92 Å². The third-order valence-corrected chi connectivity index (χ3v) is 3.11. The van der Waals surface area contributed by atoms with E-state index >= 15 is 0 Å². The van der Waals surface area contributed by atoms with Crippen LogP contribution in [0.1, 0.15) is 5.56 Å². The highest BCUT2D eigenvalue weighted by Crippen LogP contribution is 2.23. The standard InChI is InChI=1S/C17H20N2O3/c1-13-4-3-5-16(12-13)22-15-8-6-14(7-9-15)18-17(21)19(2)10-11-20/h3-9,12,20H,10-11H2,1-2H3,(H,18,21). The molecule has 0 aliphatic rings. The van der Waals surface area contributed by atoms with Crippen molar-refractivity contribution in [2.24, 2.45) is 0 Å². The van der Waals surface area contributed by atoms with Crippen LogP contribution in [-0.2, 0) is 0 Å². The normalized spacial score (nSPS) is 10.1. The number of anilines is 1. The van der Waals surface area contributed by atoms with E-state index in [0.29, 0.717) is 18.0 Å². The molecule has 0 aromatic heterocycles. The highest BCUT2D eigenvalue weighted by atomic mass is 16.5. The first-order valence-corrected chi connectivity index (χ1v) is 7.06. The van der Waals surface area contributed by atoms with Crippen LogP contribution in [0, 0.1) is 6.92 Å². The fraction of sp³-hybridized carbons (Fsp3) is 0.235. The number of nitrogens with zero attached hydrogens (tertiary/aromatic N) is 1. The molecule has 116 valence electrons. The number of benzene rings is 2. The number of urea groups is 1. The van der Waals surface area contributed by atoms with E-state index in [1.165, 1.54) is 4.90 Å². The molecule has 2 N–H and O–H groups in total. The summed E-state index contributed by atoms with van der Waals surface area (Å²) < 4.78 is 5.75.